The lowest BCUT2D eigenvalue weighted by atomic mass is 10.1. The average Bonchev–Trinajstić information content (AvgIpc) is 3.13. The van der Waals surface area contributed by atoms with Gasteiger partial charge in [0.1, 0.15) is 23.2 Å². The van der Waals surface area contributed by atoms with Crippen molar-refractivity contribution in [3.05, 3.63) is 70.4 Å². The standard InChI is InChI=1S/C24H22FN3O2S/c1-3-4-13-30-21-11-5-17(6-12-21)14-19(15-26)23(29)28-24-27-22(16(2)31-24)18-7-9-20(25)10-8-18/h5-12,14H,3-4,13H2,1-2H3,(H,27,28,29)/b19-14+. The molecule has 3 aromatic rings. The Kier molecular flexibility index (Phi) is 7.52. The van der Waals surface area contributed by atoms with E-state index in [1.165, 1.54) is 29.5 Å². The summed E-state index contributed by atoms with van der Waals surface area (Å²) in [6.45, 7) is 4.63. The molecular formula is C24H22FN3O2S. The van der Waals surface area contributed by atoms with Gasteiger partial charge in [-0.05, 0) is 61.4 Å². The van der Waals surface area contributed by atoms with Gasteiger partial charge in [-0.3, -0.25) is 10.1 Å². The molecule has 0 saturated heterocycles. The van der Waals surface area contributed by atoms with Gasteiger partial charge in [0.25, 0.3) is 5.91 Å². The summed E-state index contributed by atoms with van der Waals surface area (Å²) < 4.78 is 18.8. The van der Waals surface area contributed by atoms with Gasteiger partial charge >= 0.3 is 0 Å². The van der Waals surface area contributed by atoms with Gasteiger partial charge in [0.05, 0.1) is 12.3 Å². The fraction of sp³-hybridized carbons (Fsp3) is 0.208. The molecule has 1 aromatic heterocycles. The van der Waals surface area contributed by atoms with Gasteiger partial charge < -0.3 is 4.74 Å². The first-order valence-corrected chi connectivity index (χ1v) is 10.7. The summed E-state index contributed by atoms with van der Waals surface area (Å²) in [4.78, 5) is 17.9. The minimum Gasteiger partial charge on any atom is -0.494 e. The number of halogens is 1. The van der Waals surface area contributed by atoms with Crippen LogP contribution in [0.5, 0.6) is 5.75 Å². The van der Waals surface area contributed by atoms with Crippen molar-refractivity contribution in [3.63, 3.8) is 0 Å². The predicted octanol–water partition coefficient (Wildman–Crippen LogP) is 5.98. The molecule has 1 amide bonds. The van der Waals surface area contributed by atoms with E-state index in [9.17, 15) is 14.4 Å². The summed E-state index contributed by atoms with van der Waals surface area (Å²) >= 11 is 1.30. The highest BCUT2D eigenvalue weighted by Gasteiger charge is 2.15. The molecule has 0 saturated carbocycles. The highest BCUT2D eigenvalue weighted by Crippen LogP contribution is 2.30. The minimum atomic E-state index is -0.537. The molecule has 0 radical (unpaired) electrons. The van der Waals surface area contributed by atoms with E-state index in [0.717, 1.165) is 34.6 Å². The summed E-state index contributed by atoms with van der Waals surface area (Å²) in [6.07, 6.45) is 3.57. The van der Waals surface area contributed by atoms with Gasteiger partial charge in [-0.15, -0.1) is 11.3 Å². The lowest BCUT2D eigenvalue weighted by Gasteiger charge is -2.05. The second-order valence-corrected chi connectivity index (χ2v) is 8.03. The first-order chi connectivity index (χ1) is 15.0. The summed E-state index contributed by atoms with van der Waals surface area (Å²) in [5.41, 5.74) is 2.11. The number of nitrogens with one attached hydrogen (secondary N) is 1. The first kappa shape index (κ1) is 22.2. The van der Waals surface area contributed by atoms with Crippen molar-refractivity contribution in [2.24, 2.45) is 0 Å². The molecule has 0 fully saturated rings. The van der Waals surface area contributed by atoms with E-state index < -0.39 is 5.91 Å². The maximum absolute atomic E-state index is 13.2. The summed E-state index contributed by atoms with van der Waals surface area (Å²) in [6, 6.07) is 15.2. The van der Waals surface area contributed by atoms with Crippen LogP contribution >= 0.6 is 11.3 Å². The number of hydrogen-bond acceptors (Lipinski definition) is 5. The Morgan fingerprint density at radius 3 is 2.58 bits per heavy atom. The Morgan fingerprint density at radius 2 is 1.94 bits per heavy atom. The van der Waals surface area contributed by atoms with Crippen LogP contribution in [0.4, 0.5) is 9.52 Å². The zero-order valence-corrected chi connectivity index (χ0v) is 18.1. The molecule has 0 unspecified atom stereocenters. The number of carbonyl (C=O) groups excluding carboxylic acids is 1. The van der Waals surface area contributed by atoms with Crippen molar-refractivity contribution in [1.29, 1.82) is 5.26 Å². The molecule has 1 heterocycles. The molecule has 7 heteroatoms. The quantitative estimate of drug-likeness (QED) is 0.268. The maximum Gasteiger partial charge on any atom is 0.268 e. The van der Waals surface area contributed by atoms with Crippen molar-refractivity contribution in [2.75, 3.05) is 11.9 Å². The van der Waals surface area contributed by atoms with Crippen molar-refractivity contribution in [2.45, 2.75) is 26.7 Å². The number of nitrogens with zero attached hydrogens (tertiary/aromatic N) is 2. The Hall–Kier alpha value is -3.50. The third kappa shape index (κ3) is 6.00. The number of benzene rings is 2. The third-order valence-corrected chi connectivity index (χ3v) is 5.34. The second kappa shape index (κ2) is 10.5. The summed E-state index contributed by atoms with van der Waals surface area (Å²) in [5, 5.41) is 12.5. The molecule has 0 bridgehead atoms. The van der Waals surface area contributed by atoms with Crippen LogP contribution in [-0.2, 0) is 4.79 Å². The van der Waals surface area contributed by atoms with Crippen molar-refractivity contribution in [1.82, 2.24) is 4.98 Å². The van der Waals surface area contributed by atoms with Gasteiger partial charge in [0, 0.05) is 10.4 Å². The van der Waals surface area contributed by atoms with Crippen molar-refractivity contribution >= 4 is 28.5 Å². The number of amides is 1. The molecule has 5 nitrogen and oxygen atoms in total. The summed E-state index contributed by atoms with van der Waals surface area (Å²) in [5.74, 6) is -0.111. The van der Waals surface area contributed by atoms with E-state index in [1.54, 1.807) is 24.3 Å². The second-order valence-electron chi connectivity index (χ2n) is 6.83. The van der Waals surface area contributed by atoms with E-state index in [1.807, 2.05) is 25.1 Å². The predicted molar refractivity (Wildman–Crippen MR) is 121 cm³/mol. The molecule has 158 valence electrons. The van der Waals surface area contributed by atoms with Crippen molar-refractivity contribution < 1.29 is 13.9 Å². The highest BCUT2D eigenvalue weighted by atomic mass is 32.1. The smallest absolute Gasteiger partial charge is 0.268 e. The van der Waals surface area contributed by atoms with Crippen LogP contribution in [0.2, 0.25) is 0 Å². The van der Waals surface area contributed by atoms with Gasteiger partial charge in [-0.2, -0.15) is 5.26 Å². The Labute approximate surface area is 184 Å². The zero-order chi connectivity index (χ0) is 22.2. The van der Waals surface area contributed by atoms with Gasteiger partial charge in [0.15, 0.2) is 5.13 Å². The molecule has 2 aromatic carbocycles. The van der Waals surface area contributed by atoms with Crippen LogP contribution in [0.1, 0.15) is 30.2 Å². The topological polar surface area (TPSA) is 75.0 Å². The lowest BCUT2D eigenvalue weighted by Crippen LogP contribution is -2.13. The van der Waals surface area contributed by atoms with Crippen LogP contribution in [0, 0.1) is 24.1 Å². The number of anilines is 1. The minimum absolute atomic E-state index is 0.0316. The fourth-order valence-corrected chi connectivity index (χ4v) is 3.63. The molecular weight excluding hydrogens is 413 g/mol. The van der Waals surface area contributed by atoms with E-state index in [2.05, 4.69) is 17.2 Å². The van der Waals surface area contributed by atoms with E-state index in [0.29, 0.717) is 17.4 Å². The summed E-state index contributed by atoms with van der Waals surface area (Å²) in [7, 11) is 0. The van der Waals surface area contributed by atoms with E-state index in [-0.39, 0.29) is 11.4 Å². The molecule has 0 spiro atoms. The van der Waals surface area contributed by atoms with Crippen LogP contribution in [0.15, 0.2) is 54.1 Å². The van der Waals surface area contributed by atoms with E-state index >= 15 is 0 Å². The molecule has 0 atom stereocenters. The Morgan fingerprint density at radius 1 is 1.23 bits per heavy atom. The SMILES string of the molecule is CCCCOc1ccc(/C=C(\C#N)C(=O)Nc2nc(-c3ccc(F)cc3)c(C)s2)cc1. The van der Waals surface area contributed by atoms with Gasteiger partial charge in [-0.25, -0.2) is 9.37 Å². The van der Waals surface area contributed by atoms with Crippen LogP contribution in [0.25, 0.3) is 17.3 Å². The molecule has 31 heavy (non-hydrogen) atoms. The van der Waals surface area contributed by atoms with Crippen LogP contribution < -0.4 is 10.1 Å². The Bertz CT molecular complexity index is 1110. The van der Waals surface area contributed by atoms with Gasteiger partial charge in [-0.1, -0.05) is 25.5 Å². The van der Waals surface area contributed by atoms with Crippen LogP contribution in [0.3, 0.4) is 0 Å². The zero-order valence-electron chi connectivity index (χ0n) is 17.3. The molecule has 3 rings (SSSR count). The number of carbonyl (C=O) groups is 1. The number of thiazole rings is 1. The number of unbranched alkanes of at least 4 members (excludes halogenated alkanes) is 1. The fourth-order valence-electron chi connectivity index (χ4n) is 2.80. The maximum atomic E-state index is 13.2. The number of nitriles is 1. The third-order valence-electron chi connectivity index (χ3n) is 4.46. The first-order valence-electron chi connectivity index (χ1n) is 9.89. The number of hydrogen-bond donors (Lipinski definition) is 1. The molecule has 0 aliphatic rings. The number of rotatable bonds is 8. The monoisotopic (exact) mass is 435 g/mol. The molecule has 1 N–H and O–H groups in total. The highest BCUT2D eigenvalue weighted by molar-refractivity contribution is 7.16. The number of aromatic nitrogens is 1. The van der Waals surface area contributed by atoms with Gasteiger partial charge in [0.2, 0.25) is 0 Å². The number of ether oxygens (including phenoxy) is 1. The Balaban J connectivity index is 1.70. The largest absolute Gasteiger partial charge is 0.494 e. The molecule has 0 aliphatic heterocycles. The normalized spacial score (nSPS) is 11.1. The van der Waals surface area contributed by atoms with Crippen LogP contribution in [-0.4, -0.2) is 17.5 Å². The molecule has 0 aliphatic carbocycles. The van der Waals surface area contributed by atoms with Crippen molar-refractivity contribution in [3.8, 4) is 23.1 Å². The number of aryl methyl sites for hydroxylation is 1. The average molecular weight is 436 g/mol. The lowest BCUT2D eigenvalue weighted by molar-refractivity contribution is -0.112. The van der Waals surface area contributed by atoms with E-state index in [4.69, 9.17) is 4.74 Å².